The summed E-state index contributed by atoms with van der Waals surface area (Å²) in [6, 6.07) is 11.5. The highest BCUT2D eigenvalue weighted by atomic mass is 35.5. The maximum Gasteiger partial charge on any atom is 0.418 e. The number of carbonyl (C=O) groups excluding carboxylic acids is 3. The Kier molecular flexibility index (Phi) is 7.07. The number of nitrogens with one attached hydrogen (secondary N) is 2. The first-order valence-electron chi connectivity index (χ1n) is 9.38. The number of amides is 2. The van der Waals surface area contributed by atoms with E-state index >= 15 is 0 Å². The Hall–Kier alpha value is -3.79. The van der Waals surface area contributed by atoms with Crippen molar-refractivity contribution in [3.8, 4) is 0 Å². The Labute approximate surface area is 190 Å². The van der Waals surface area contributed by atoms with Crippen molar-refractivity contribution in [3.05, 3.63) is 82.8 Å². The lowest BCUT2D eigenvalue weighted by molar-refractivity contribution is -0.137. The number of carbonyl (C=O) groups is 3. The molecule has 7 nitrogen and oxygen atoms in total. The Morgan fingerprint density at radius 1 is 1.03 bits per heavy atom. The van der Waals surface area contributed by atoms with Crippen LogP contribution in [-0.2, 0) is 15.7 Å². The van der Waals surface area contributed by atoms with E-state index in [9.17, 15) is 27.6 Å². The van der Waals surface area contributed by atoms with Crippen molar-refractivity contribution in [1.29, 1.82) is 0 Å². The van der Waals surface area contributed by atoms with E-state index < -0.39 is 41.3 Å². The lowest BCUT2D eigenvalue weighted by Gasteiger charge is -2.17. The molecule has 2 aromatic carbocycles. The van der Waals surface area contributed by atoms with Gasteiger partial charge in [0.1, 0.15) is 0 Å². The fourth-order valence-corrected chi connectivity index (χ4v) is 2.84. The summed E-state index contributed by atoms with van der Waals surface area (Å²) >= 11 is 5.61. The number of alkyl halides is 3. The van der Waals surface area contributed by atoms with Gasteiger partial charge in [-0.2, -0.15) is 13.2 Å². The van der Waals surface area contributed by atoms with Crippen molar-refractivity contribution in [2.75, 3.05) is 10.6 Å². The maximum absolute atomic E-state index is 13.2. The molecule has 2 N–H and O–H groups in total. The number of halogens is 4. The minimum atomic E-state index is -4.75. The second kappa shape index (κ2) is 9.78. The number of anilines is 2. The van der Waals surface area contributed by atoms with Gasteiger partial charge in [-0.05, 0) is 61.5 Å². The molecule has 1 aromatic heterocycles. The summed E-state index contributed by atoms with van der Waals surface area (Å²) in [7, 11) is 0. The highest BCUT2D eigenvalue weighted by molar-refractivity contribution is 6.30. The minimum Gasteiger partial charge on any atom is -0.459 e. The van der Waals surface area contributed by atoms with Crippen LogP contribution in [0.1, 0.15) is 33.4 Å². The first kappa shape index (κ1) is 23.9. The molecule has 1 unspecified atom stereocenters. The Morgan fingerprint density at radius 2 is 1.73 bits per heavy atom. The topological polar surface area (TPSA) is 97.6 Å². The van der Waals surface area contributed by atoms with Crippen molar-refractivity contribution < 1.29 is 36.7 Å². The van der Waals surface area contributed by atoms with Crippen LogP contribution in [0.4, 0.5) is 24.5 Å². The van der Waals surface area contributed by atoms with Gasteiger partial charge in [0, 0.05) is 10.7 Å². The van der Waals surface area contributed by atoms with E-state index in [1.54, 1.807) is 6.07 Å². The maximum atomic E-state index is 13.2. The summed E-state index contributed by atoms with van der Waals surface area (Å²) < 4.78 is 49.5. The molecule has 0 spiro atoms. The van der Waals surface area contributed by atoms with Crippen LogP contribution >= 0.6 is 11.6 Å². The molecule has 0 aliphatic heterocycles. The summed E-state index contributed by atoms with van der Waals surface area (Å²) in [6.07, 6.45) is -4.79. The van der Waals surface area contributed by atoms with E-state index in [4.69, 9.17) is 20.8 Å². The van der Waals surface area contributed by atoms with Crippen molar-refractivity contribution in [2.45, 2.75) is 19.2 Å². The summed E-state index contributed by atoms with van der Waals surface area (Å²) in [6.45, 7) is 1.22. The predicted molar refractivity (Wildman–Crippen MR) is 113 cm³/mol. The number of furan rings is 1. The third kappa shape index (κ3) is 6.13. The predicted octanol–water partition coefficient (Wildman–Crippen LogP) is 5.39. The number of rotatable bonds is 6. The largest absolute Gasteiger partial charge is 0.459 e. The van der Waals surface area contributed by atoms with Crippen LogP contribution in [0.3, 0.4) is 0 Å². The van der Waals surface area contributed by atoms with E-state index in [0.29, 0.717) is 11.8 Å². The van der Waals surface area contributed by atoms with E-state index in [1.165, 1.54) is 49.6 Å². The van der Waals surface area contributed by atoms with Crippen LogP contribution in [0.25, 0.3) is 0 Å². The van der Waals surface area contributed by atoms with Crippen molar-refractivity contribution in [1.82, 2.24) is 0 Å². The summed E-state index contributed by atoms with van der Waals surface area (Å²) in [4.78, 5) is 36.5. The summed E-state index contributed by atoms with van der Waals surface area (Å²) in [5.41, 5.74) is -1.21. The van der Waals surface area contributed by atoms with Crippen molar-refractivity contribution in [2.24, 2.45) is 0 Å². The van der Waals surface area contributed by atoms with Crippen molar-refractivity contribution in [3.63, 3.8) is 0 Å². The molecule has 0 saturated heterocycles. The van der Waals surface area contributed by atoms with Gasteiger partial charge in [0.05, 0.1) is 23.1 Å². The fourth-order valence-electron chi connectivity index (χ4n) is 2.67. The lowest BCUT2D eigenvalue weighted by Crippen LogP contribution is -2.30. The molecule has 0 radical (unpaired) electrons. The van der Waals surface area contributed by atoms with E-state index in [-0.39, 0.29) is 16.3 Å². The van der Waals surface area contributed by atoms with Crippen LogP contribution < -0.4 is 10.6 Å². The first-order chi connectivity index (χ1) is 15.5. The molecular weight excluding hydrogens is 465 g/mol. The fraction of sp³-hybridized carbons (Fsp3) is 0.136. The van der Waals surface area contributed by atoms with Gasteiger partial charge in [0.25, 0.3) is 11.8 Å². The van der Waals surface area contributed by atoms with Gasteiger partial charge in [-0.3, -0.25) is 9.59 Å². The van der Waals surface area contributed by atoms with Crippen molar-refractivity contribution >= 4 is 40.8 Å². The normalized spacial score (nSPS) is 12.0. The average molecular weight is 481 g/mol. The molecule has 0 bridgehead atoms. The van der Waals surface area contributed by atoms with Crippen LogP contribution in [0.5, 0.6) is 0 Å². The van der Waals surface area contributed by atoms with Gasteiger partial charge in [-0.1, -0.05) is 11.6 Å². The second-order valence-electron chi connectivity index (χ2n) is 6.73. The monoisotopic (exact) mass is 480 g/mol. The summed E-state index contributed by atoms with van der Waals surface area (Å²) in [5, 5.41) is 4.51. The van der Waals surface area contributed by atoms with E-state index in [1.807, 2.05) is 0 Å². The zero-order valence-corrected chi connectivity index (χ0v) is 17.7. The standard InChI is InChI=1S/C22H16ClF3N2O5/c1-12(19(29)28-17-9-6-14(23)11-16(17)22(24,25)26)33-21(31)13-4-7-15(8-5-13)27-20(30)18-3-2-10-32-18/h2-12H,1H3,(H,27,30)(H,28,29). The SMILES string of the molecule is CC(OC(=O)c1ccc(NC(=O)c2ccco2)cc1)C(=O)Nc1ccc(Cl)cc1C(F)(F)F. The van der Waals surface area contributed by atoms with Crippen LogP contribution in [0, 0.1) is 0 Å². The average Bonchev–Trinajstić information content (AvgIpc) is 3.30. The highest BCUT2D eigenvalue weighted by Gasteiger charge is 2.34. The molecule has 33 heavy (non-hydrogen) atoms. The molecule has 0 aliphatic carbocycles. The minimum absolute atomic E-state index is 0.0631. The van der Waals surface area contributed by atoms with E-state index in [0.717, 1.165) is 6.07 Å². The molecule has 172 valence electrons. The molecule has 3 rings (SSSR count). The van der Waals surface area contributed by atoms with Crippen LogP contribution in [0.2, 0.25) is 5.02 Å². The van der Waals surface area contributed by atoms with E-state index in [2.05, 4.69) is 10.6 Å². The highest BCUT2D eigenvalue weighted by Crippen LogP contribution is 2.36. The molecule has 2 amide bonds. The molecule has 0 fully saturated rings. The van der Waals surface area contributed by atoms with Gasteiger partial charge in [0.15, 0.2) is 11.9 Å². The van der Waals surface area contributed by atoms with Gasteiger partial charge in [-0.25, -0.2) is 4.79 Å². The second-order valence-corrected chi connectivity index (χ2v) is 7.17. The molecule has 1 heterocycles. The quantitative estimate of drug-likeness (QED) is 0.461. The Morgan fingerprint density at radius 3 is 2.33 bits per heavy atom. The van der Waals surface area contributed by atoms with Gasteiger partial charge in [0.2, 0.25) is 0 Å². The molecule has 1 atom stereocenters. The zero-order chi connectivity index (χ0) is 24.2. The number of esters is 1. The molecule has 11 heteroatoms. The van der Waals surface area contributed by atoms with Crippen LogP contribution in [-0.4, -0.2) is 23.9 Å². The third-order valence-electron chi connectivity index (χ3n) is 4.32. The third-order valence-corrected chi connectivity index (χ3v) is 4.56. The first-order valence-corrected chi connectivity index (χ1v) is 9.76. The van der Waals surface area contributed by atoms with Gasteiger partial charge in [-0.15, -0.1) is 0 Å². The zero-order valence-electron chi connectivity index (χ0n) is 16.9. The number of hydrogen-bond donors (Lipinski definition) is 2. The molecular formula is C22H16ClF3N2O5. The summed E-state index contributed by atoms with van der Waals surface area (Å²) in [5.74, 6) is -2.22. The molecule has 3 aromatic rings. The number of ether oxygens (including phenoxy) is 1. The Balaban J connectivity index is 1.61. The number of hydrogen-bond acceptors (Lipinski definition) is 5. The smallest absolute Gasteiger partial charge is 0.418 e. The Bertz CT molecular complexity index is 1160. The van der Waals surface area contributed by atoms with Crippen LogP contribution in [0.15, 0.2) is 65.3 Å². The molecule has 0 saturated carbocycles. The molecule has 0 aliphatic rings. The van der Waals surface area contributed by atoms with Gasteiger partial charge >= 0.3 is 12.1 Å². The van der Waals surface area contributed by atoms with Gasteiger partial charge < -0.3 is 19.8 Å². The lowest BCUT2D eigenvalue weighted by atomic mass is 10.1. The number of benzene rings is 2.